The third-order valence-electron chi connectivity index (χ3n) is 4.30. The number of amides is 1. The van der Waals surface area contributed by atoms with E-state index in [0.29, 0.717) is 5.92 Å². The number of hydrogen-bond donors (Lipinski definition) is 1. The van der Waals surface area contributed by atoms with Crippen LogP contribution in [0.3, 0.4) is 0 Å². The lowest BCUT2D eigenvalue weighted by atomic mass is 9.98. The summed E-state index contributed by atoms with van der Waals surface area (Å²) in [6.07, 6.45) is 2.29. The number of nitrogens with zero attached hydrogens (tertiary/aromatic N) is 2. The van der Waals surface area contributed by atoms with Crippen LogP contribution in [0.4, 0.5) is 5.82 Å². The molecular weight excluding hydrogens is 286 g/mol. The summed E-state index contributed by atoms with van der Waals surface area (Å²) >= 11 is 0. The van der Waals surface area contributed by atoms with Gasteiger partial charge in [0.2, 0.25) is 0 Å². The maximum atomic E-state index is 12.1. The number of piperidine rings is 1. The molecule has 0 saturated carbocycles. The monoisotopic (exact) mass is 309 g/mol. The summed E-state index contributed by atoms with van der Waals surface area (Å²) in [7, 11) is 0. The number of hydrogen-bond acceptors (Lipinski definition) is 3. The Morgan fingerprint density at radius 1 is 1.22 bits per heavy atom. The lowest BCUT2D eigenvalue weighted by Gasteiger charge is -2.33. The molecule has 2 aromatic rings. The van der Waals surface area contributed by atoms with Crippen molar-refractivity contribution in [2.45, 2.75) is 19.8 Å². The van der Waals surface area contributed by atoms with Crippen molar-refractivity contribution in [2.75, 3.05) is 24.5 Å². The minimum absolute atomic E-state index is 0.0106. The van der Waals surface area contributed by atoms with Crippen molar-refractivity contribution in [1.82, 2.24) is 10.3 Å². The van der Waals surface area contributed by atoms with Crippen molar-refractivity contribution in [3.05, 3.63) is 59.8 Å². The van der Waals surface area contributed by atoms with Crippen LogP contribution < -0.4 is 10.2 Å². The summed E-state index contributed by atoms with van der Waals surface area (Å²) in [6, 6.07) is 15.5. The van der Waals surface area contributed by atoms with Crippen molar-refractivity contribution in [1.29, 1.82) is 0 Å². The highest BCUT2D eigenvalue weighted by atomic mass is 16.1. The SMILES string of the molecule is Cc1cccc(N2CCC[C@@H](CNC(=O)c3ccccc3)C2)n1. The second-order valence-electron chi connectivity index (χ2n) is 6.17. The Morgan fingerprint density at radius 2 is 2.04 bits per heavy atom. The Labute approximate surface area is 137 Å². The van der Waals surface area contributed by atoms with Gasteiger partial charge in [-0.15, -0.1) is 0 Å². The topological polar surface area (TPSA) is 45.2 Å². The van der Waals surface area contributed by atoms with Gasteiger partial charge in [-0.1, -0.05) is 24.3 Å². The second-order valence-corrected chi connectivity index (χ2v) is 6.17. The average molecular weight is 309 g/mol. The first kappa shape index (κ1) is 15.5. The highest BCUT2D eigenvalue weighted by Crippen LogP contribution is 2.21. The number of nitrogens with one attached hydrogen (secondary N) is 1. The molecule has 4 heteroatoms. The fourth-order valence-electron chi connectivity index (χ4n) is 3.07. The molecule has 1 atom stereocenters. The van der Waals surface area contributed by atoms with E-state index in [4.69, 9.17) is 0 Å². The molecule has 1 aliphatic rings. The molecule has 2 heterocycles. The van der Waals surface area contributed by atoms with Gasteiger partial charge in [-0.3, -0.25) is 4.79 Å². The Hall–Kier alpha value is -2.36. The van der Waals surface area contributed by atoms with Crippen molar-refractivity contribution in [3.8, 4) is 0 Å². The number of anilines is 1. The molecule has 4 nitrogen and oxygen atoms in total. The van der Waals surface area contributed by atoms with Crippen molar-refractivity contribution in [2.24, 2.45) is 5.92 Å². The fourth-order valence-corrected chi connectivity index (χ4v) is 3.07. The Kier molecular flexibility index (Phi) is 4.91. The van der Waals surface area contributed by atoms with Crippen LogP contribution in [0.15, 0.2) is 48.5 Å². The van der Waals surface area contributed by atoms with Gasteiger partial charge in [-0.25, -0.2) is 4.98 Å². The Morgan fingerprint density at radius 3 is 2.83 bits per heavy atom. The van der Waals surface area contributed by atoms with Gasteiger partial charge in [0.25, 0.3) is 5.91 Å². The molecule has 1 aromatic heterocycles. The van der Waals surface area contributed by atoms with Crippen molar-refractivity contribution >= 4 is 11.7 Å². The minimum Gasteiger partial charge on any atom is -0.356 e. The van der Waals surface area contributed by atoms with Crippen molar-refractivity contribution in [3.63, 3.8) is 0 Å². The summed E-state index contributed by atoms with van der Waals surface area (Å²) < 4.78 is 0. The summed E-state index contributed by atoms with van der Waals surface area (Å²) in [6.45, 7) is 4.73. The van der Waals surface area contributed by atoms with E-state index in [1.807, 2.05) is 43.3 Å². The Bertz CT molecular complexity index is 657. The van der Waals surface area contributed by atoms with Crippen LogP contribution in [0.2, 0.25) is 0 Å². The third kappa shape index (κ3) is 4.09. The molecule has 120 valence electrons. The van der Waals surface area contributed by atoms with E-state index in [1.54, 1.807) is 0 Å². The van der Waals surface area contributed by atoms with Gasteiger partial charge in [-0.2, -0.15) is 0 Å². The fraction of sp³-hybridized carbons (Fsp3) is 0.368. The van der Waals surface area contributed by atoms with Crippen LogP contribution >= 0.6 is 0 Å². The maximum Gasteiger partial charge on any atom is 0.251 e. The number of carbonyl (C=O) groups excluding carboxylic acids is 1. The molecule has 1 fully saturated rings. The van der Waals surface area contributed by atoms with E-state index in [2.05, 4.69) is 27.3 Å². The number of pyridine rings is 1. The molecule has 1 saturated heterocycles. The average Bonchev–Trinajstić information content (AvgIpc) is 2.61. The number of carbonyl (C=O) groups is 1. The second kappa shape index (κ2) is 7.27. The van der Waals surface area contributed by atoms with Gasteiger partial charge in [0.1, 0.15) is 5.82 Å². The smallest absolute Gasteiger partial charge is 0.251 e. The molecule has 1 aliphatic heterocycles. The molecule has 0 bridgehead atoms. The van der Waals surface area contributed by atoms with Crippen LogP contribution in [-0.4, -0.2) is 30.5 Å². The summed E-state index contributed by atoms with van der Waals surface area (Å²) in [5, 5.41) is 3.07. The van der Waals surface area contributed by atoms with E-state index in [0.717, 1.165) is 49.6 Å². The van der Waals surface area contributed by atoms with Gasteiger partial charge in [0, 0.05) is 30.9 Å². The first-order valence-electron chi connectivity index (χ1n) is 8.24. The van der Waals surface area contributed by atoms with Gasteiger partial charge < -0.3 is 10.2 Å². The predicted molar refractivity (Wildman–Crippen MR) is 92.7 cm³/mol. The number of benzene rings is 1. The highest BCUT2D eigenvalue weighted by molar-refractivity contribution is 5.94. The van der Waals surface area contributed by atoms with Gasteiger partial charge in [0.15, 0.2) is 0 Å². The zero-order valence-electron chi connectivity index (χ0n) is 13.5. The lowest BCUT2D eigenvalue weighted by Crippen LogP contribution is -2.41. The zero-order chi connectivity index (χ0) is 16.1. The maximum absolute atomic E-state index is 12.1. The summed E-state index contributed by atoms with van der Waals surface area (Å²) in [5.74, 6) is 1.53. The molecule has 0 aliphatic carbocycles. The summed E-state index contributed by atoms with van der Waals surface area (Å²) in [4.78, 5) is 19.1. The van der Waals surface area contributed by atoms with E-state index in [9.17, 15) is 4.79 Å². The standard InChI is InChI=1S/C19H23N3O/c1-15-7-5-11-18(21-15)22-12-6-8-16(14-22)13-20-19(23)17-9-3-2-4-10-17/h2-5,7,9-11,16H,6,8,12-14H2,1H3,(H,20,23)/t16-/m0/s1. The van der Waals surface area contributed by atoms with Gasteiger partial charge in [-0.05, 0) is 49.9 Å². The lowest BCUT2D eigenvalue weighted by molar-refractivity contribution is 0.0945. The molecule has 0 spiro atoms. The first-order chi connectivity index (χ1) is 11.2. The zero-order valence-corrected chi connectivity index (χ0v) is 13.5. The molecule has 0 unspecified atom stereocenters. The Balaban J connectivity index is 1.56. The summed E-state index contributed by atoms with van der Waals surface area (Å²) in [5.41, 5.74) is 1.77. The van der Waals surface area contributed by atoms with Crippen LogP contribution in [0, 0.1) is 12.8 Å². The quantitative estimate of drug-likeness (QED) is 0.944. The molecule has 1 aromatic carbocycles. The van der Waals surface area contributed by atoms with Crippen LogP contribution in [0.25, 0.3) is 0 Å². The van der Waals surface area contributed by atoms with Gasteiger partial charge >= 0.3 is 0 Å². The van der Waals surface area contributed by atoms with E-state index in [1.165, 1.54) is 0 Å². The molecule has 3 rings (SSSR count). The highest BCUT2D eigenvalue weighted by Gasteiger charge is 2.21. The van der Waals surface area contributed by atoms with Crippen LogP contribution in [0.5, 0.6) is 0 Å². The first-order valence-corrected chi connectivity index (χ1v) is 8.24. The molecule has 1 amide bonds. The third-order valence-corrected chi connectivity index (χ3v) is 4.30. The number of rotatable bonds is 4. The normalized spacial score (nSPS) is 17.8. The minimum atomic E-state index is 0.0106. The molecular formula is C19H23N3O. The van der Waals surface area contributed by atoms with Crippen LogP contribution in [0.1, 0.15) is 28.9 Å². The van der Waals surface area contributed by atoms with Crippen molar-refractivity contribution < 1.29 is 4.79 Å². The predicted octanol–water partition coefficient (Wildman–Crippen LogP) is 3.04. The van der Waals surface area contributed by atoms with E-state index < -0.39 is 0 Å². The number of aromatic nitrogens is 1. The van der Waals surface area contributed by atoms with Crippen LogP contribution in [-0.2, 0) is 0 Å². The largest absolute Gasteiger partial charge is 0.356 e. The molecule has 23 heavy (non-hydrogen) atoms. The number of aryl methyl sites for hydroxylation is 1. The van der Waals surface area contributed by atoms with E-state index in [-0.39, 0.29) is 5.91 Å². The van der Waals surface area contributed by atoms with Gasteiger partial charge in [0.05, 0.1) is 0 Å². The molecule has 0 radical (unpaired) electrons. The van der Waals surface area contributed by atoms with E-state index >= 15 is 0 Å². The molecule has 1 N–H and O–H groups in total.